The molecule has 4 nitrogen and oxygen atoms in total. The molecule has 172 valence electrons. The van der Waals surface area contributed by atoms with Gasteiger partial charge in [-0.2, -0.15) is 13.2 Å². The normalized spacial score (nSPS) is 12.3. The number of nitrogens with zero attached hydrogens (tertiary/aromatic N) is 1. The molecular weight excluding hydrogens is 439 g/mol. The van der Waals surface area contributed by atoms with Gasteiger partial charge in [-0.25, -0.2) is 8.42 Å². The van der Waals surface area contributed by atoms with Crippen molar-refractivity contribution in [3.05, 3.63) is 71.5 Å². The maximum Gasteiger partial charge on any atom is 0.416 e. The predicted octanol–water partition coefficient (Wildman–Crippen LogP) is 5.84. The molecule has 0 saturated carbocycles. The van der Waals surface area contributed by atoms with Gasteiger partial charge in [0.05, 0.1) is 22.8 Å². The van der Waals surface area contributed by atoms with Gasteiger partial charge in [0.25, 0.3) is 0 Å². The van der Waals surface area contributed by atoms with Crippen LogP contribution in [0.5, 0.6) is 0 Å². The van der Waals surface area contributed by atoms with E-state index in [2.05, 4.69) is 0 Å². The van der Waals surface area contributed by atoms with Crippen molar-refractivity contribution >= 4 is 9.84 Å². The predicted molar refractivity (Wildman–Crippen MR) is 119 cm³/mol. The summed E-state index contributed by atoms with van der Waals surface area (Å²) in [6.07, 6.45) is 0.824. The topological polar surface area (TPSA) is 48.3 Å². The van der Waals surface area contributed by atoms with Crippen LogP contribution in [-0.4, -0.2) is 32.5 Å². The Hall–Kier alpha value is -2.58. The summed E-state index contributed by atoms with van der Waals surface area (Å²) in [4.78, 5) is 0.0575. The second kappa shape index (κ2) is 9.50. The molecule has 32 heavy (non-hydrogen) atoms. The van der Waals surface area contributed by atoms with Gasteiger partial charge in [0.2, 0.25) is 0 Å². The van der Waals surface area contributed by atoms with Crippen LogP contribution < -0.4 is 0 Å². The maximum atomic E-state index is 14.0. The van der Waals surface area contributed by atoms with Gasteiger partial charge >= 0.3 is 6.18 Å². The van der Waals surface area contributed by atoms with Gasteiger partial charge in [-0.3, -0.25) is 0 Å². The lowest BCUT2D eigenvalue weighted by Crippen LogP contribution is -2.14. The third kappa shape index (κ3) is 5.24. The van der Waals surface area contributed by atoms with Crippen LogP contribution in [0.2, 0.25) is 0 Å². The molecule has 1 aromatic heterocycles. The number of rotatable bonds is 8. The van der Waals surface area contributed by atoms with E-state index in [-0.39, 0.29) is 23.5 Å². The van der Waals surface area contributed by atoms with Crippen molar-refractivity contribution in [2.75, 3.05) is 19.5 Å². The lowest BCUT2D eigenvalue weighted by atomic mass is 9.89. The average Bonchev–Trinajstić information content (AvgIpc) is 3.24. The highest BCUT2D eigenvalue weighted by Gasteiger charge is 2.35. The first-order valence-corrected chi connectivity index (χ1v) is 12.2. The Kier molecular flexibility index (Phi) is 7.15. The summed E-state index contributed by atoms with van der Waals surface area (Å²) in [6.45, 7) is 4.28. The van der Waals surface area contributed by atoms with Crippen LogP contribution in [0.3, 0.4) is 0 Å². The minimum atomic E-state index is -4.56. The zero-order chi connectivity index (χ0) is 23.5. The number of aromatic nitrogens is 1. The first-order chi connectivity index (χ1) is 15.0. The quantitative estimate of drug-likeness (QED) is 0.393. The van der Waals surface area contributed by atoms with Gasteiger partial charge in [-0.05, 0) is 72.9 Å². The molecule has 3 rings (SSSR count). The van der Waals surface area contributed by atoms with Crippen molar-refractivity contribution in [2.45, 2.75) is 37.8 Å². The Morgan fingerprint density at radius 2 is 1.72 bits per heavy atom. The Labute approximate surface area is 186 Å². The number of hydrogen-bond acceptors (Lipinski definition) is 3. The molecule has 3 aromatic rings. The molecule has 0 saturated heterocycles. The van der Waals surface area contributed by atoms with Gasteiger partial charge in [-0.1, -0.05) is 13.0 Å². The van der Waals surface area contributed by atoms with Gasteiger partial charge in [0.1, 0.15) is 0 Å². The van der Waals surface area contributed by atoms with E-state index in [9.17, 15) is 21.6 Å². The van der Waals surface area contributed by atoms with Crippen LogP contribution >= 0.6 is 0 Å². The molecule has 0 aliphatic rings. The van der Waals surface area contributed by atoms with Crippen molar-refractivity contribution in [1.82, 2.24) is 4.57 Å². The van der Waals surface area contributed by atoms with Gasteiger partial charge in [0, 0.05) is 30.8 Å². The van der Waals surface area contributed by atoms with Gasteiger partial charge in [0.15, 0.2) is 9.84 Å². The summed E-state index contributed by atoms with van der Waals surface area (Å²) in [5.74, 6) is 0. The molecule has 0 amide bonds. The smallest absolute Gasteiger partial charge is 0.381 e. The lowest BCUT2D eigenvalue weighted by molar-refractivity contribution is -0.138. The summed E-state index contributed by atoms with van der Waals surface area (Å²) in [6, 6.07) is 10.6. The number of halogens is 3. The highest BCUT2D eigenvalue weighted by atomic mass is 32.2. The zero-order valence-electron chi connectivity index (χ0n) is 18.2. The summed E-state index contributed by atoms with van der Waals surface area (Å²) >= 11 is 0. The van der Waals surface area contributed by atoms with Crippen molar-refractivity contribution < 1.29 is 26.3 Å². The fraction of sp³-hybridized carbons (Fsp3) is 0.333. The van der Waals surface area contributed by atoms with Gasteiger partial charge < -0.3 is 9.30 Å². The maximum absolute atomic E-state index is 14.0. The van der Waals surface area contributed by atoms with E-state index in [0.29, 0.717) is 29.0 Å². The molecule has 0 fully saturated rings. The minimum Gasteiger partial charge on any atom is -0.381 e. The standard InChI is InChI=1S/C24H26F3NO3S/c1-4-14-31-15-11-19-21(24(25,26)27)9-10-22(28-12-5-6-13-28)23(19)20-16-18(32(3,29)30)8-7-17(20)2/h5-10,12-13,16H,4,11,14-15H2,1-3H3. The molecule has 0 radical (unpaired) electrons. The van der Waals surface area contributed by atoms with Crippen molar-refractivity contribution in [3.63, 3.8) is 0 Å². The number of hydrogen-bond donors (Lipinski definition) is 0. The second-order valence-electron chi connectivity index (χ2n) is 7.69. The van der Waals surface area contributed by atoms with Crippen LogP contribution in [0.4, 0.5) is 13.2 Å². The fourth-order valence-electron chi connectivity index (χ4n) is 3.69. The van der Waals surface area contributed by atoms with Crippen molar-refractivity contribution in [2.24, 2.45) is 0 Å². The number of benzene rings is 2. The molecule has 0 N–H and O–H groups in total. The third-order valence-corrected chi connectivity index (χ3v) is 6.34. The number of aryl methyl sites for hydroxylation is 1. The highest BCUT2D eigenvalue weighted by molar-refractivity contribution is 7.90. The van der Waals surface area contributed by atoms with Crippen LogP contribution in [0.1, 0.15) is 30.0 Å². The van der Waals surface area contributed by atoms with E-state index < -0.39 is 21.6 Å². The third-order valence-electron chi connectivity index (χ3n) is 5.23. The molecule has 0 bridgehead atoms. The minimum absolute atomic E-state index is 0.0435. The molecule has 0 spiro atoms. The van der Waals surface area contributed by atoms with Crippen LogP contribution in [0.15, 0.2) is 59.8 Å². The zero-order valence-corrected chi connectivity index (χ0v) is 19.1. The Morgan fingerprint density at radius 3 is 2.31 bits per heavy atom. The van der Waals surface area contributed by atoms with E-state index in [0.717, 1.165) is 18.7 Å². The van der Waals surface area contributed by atoms with Crippen molar-refractivity contribution in [1.29, 1.82) is 0 Å². The van der Waals surface area contributed by atoms with E-state index in [1.165, 1.54) is 18.2 Å². The fourth-order valence-corrected chi connectivity index (χ4v) is 4.34. The van der Waals surface area contributed by atoms with E-state index in [1.54, 1.807) is 42.1 Å². The number of alkyl halides is 3. The number of sulfone groups is 1. The van der Waals surface area contributed by atoms with Crippen molar-refractivity contribution in [3.8, 4) is 16.8 Å². The van der Waals surface area contributed by atoms with E-state index >= 15 is 0 Å². The molecule has 1 heterocycles. The highest BCUT2D eigenvalue weighted by Crippen LogP contribution is 2.41. The Bertz CT molecular complexity index is 1180. The SMILES string of the molecule is CCCOCCc1c(C(F)(F)F)ccc(-n2cccc2)c1-c1cc(S(C)(=O)=O)ccc1C. The van der Waals surface area contributed by atoms with Gasteiger partial charge in [-0.15, -0.1) is 0 Å². The Balaban J connectivity index is 2.35. The summed E-state index contributed by atoms with van der Waals surface area (Å²) in [5, 5.41) is 0. The first kappa shape index (κ1) is 24.1. The van der Waals surface area contributed by atoms with E-state index in [1.807, 2.05) is 6.92 Å². The molecule has 0 aliphatic heterocycles. The van der Waals surface area contributed by atoms with Crippen LogP contribution in [0, 0.1) is 6.92 Å². The number of ether oxygens (including phenoxy) is 1. The monoisotopic (exact) mass is 465 g/mol. The largest absolute Gasteiger partial charge is 0.416 e. The second-order valence-corrected chi connectivity index (χ2v) is 9.70. The molecular formula is C24H26F3NO3S. The molecule has 8 heteroatoms. The summed E-state index contributed by atoms with van der Waals surface area (Å²) in [7, 11) is -3.55. The molecule has 0 unspecified atom stereocenters. The summed E-state index contributed by atoms with van der Waals surface area (Å²) < 4.78 is 73.7. The lowest BCUT2D eigenvalue weighted by Gasteiger charge is -2.23. The Morgan fingerprint density at radius 1 is 1.03 bits per heavy atom. The first-order valence-electron chi connectivity index (χ1n) is 10.3. The average molecular weight is 466 g/mol. The van der Waals surface area contributed by atoms with E-state index in [4.69, 9.17) is 4.74 Å². The molecule has 0 atom stereocenters. The molecule has 2 aromatic carbocycles. The van der Waals surface area contributed by atoms with Crippen LogP contribution in [-0.2, 0) is 27.2 Å². The molecule has 0 aliphatic carbocycles. The van der Waals surface area contributed by atoms with Crippen LogP contribution in [0.25, 0.3) is 16.8 Å². The summed E-state index contributed by atoms with van der Waals surface area (Å²) in [5.41, 5.74) is 1.39.